The van der Waals surface area contributed by atoms with Crippen LogP contribution < -0.4 is 15.4 Å². The smallest absolute Gasteiger partial charge is 0.129 e. The molecule has 0 bridgehead atoms. The van der Waals surface area contributed by atoms with Gasteiger partial charge in [-0.25, -0.2) is 4.39 Å². The Balaban J connectivity index is 0.00000171. The fraction of sp³-hybridized carbons (Fsp3) is 0.318. The number of ether oxygens (including phenoxy) is 1. The van der Waals surface area contributed by atoms with Crippen LogP contribution in [0.1, 0.15) is 36.9 Å². The van der Waals surface area contributed by atoms with Crippen molar-refractivity contribution in [2.75, 3.05) is 13.2 Å². The van der Waals surface area contributed by atoms with Crippen molar-refractivity contribution in [3.63, 3.8) is 0 Å². The van der Waals surface area contributed by atoms with E-state index in [1.54, 1.807) is 6.07 Å². The molecule has 2 atom stereocenters. The Bertz CT molecular complexity index is 713. The van der Waals surface area contributed by atoms with Gasteiger partial charge in [-0.15, -0.1) is 22.4 Å². The van der Waals surface area contributed by atoms with Crippen LogP contribution in [0.15, 0.2) is 54.0 Å². The molecule has 3 nitrogen and oxygen atoms in total. The highest BCUT2D eigenvalue weighted by molar-refractivity contribution is 9.10. The quantitative estimate of drug-likeness (QED) is 0.314. The van der Waals surface area contributed by atoms with Gasteiger partial charge in [-0.2, -0.15) is 0 Å². The first kappa shape index (κ1) is 26.4. The zero-order valence-corrected chi connectivity index (χ0v) is 19.4. The number of nitrogens with one attached hydrogen (secondary N) is 1. The molecule has 0 aromatic heterocycles. The molecule has 0 aliphatic heterocycles. The molecule has 28 heavy (non-hydrogen) atoms. The fourth-order valence-electron chi connectivity index (χ4n) is 2.71. The summed E-state index contributed by atoms with van der Waals surface area (Å²) < 4.78 is 20.1. The van der Waals surface area contributed by atoms with Gasteiger partial charge < -0.3 is 14.8 Å². The Kier molecular flexibility index (Phi) is 14.5. The lowest BCUT2D eigenvalue weighted by Crippen LogP contribution is -2.27. The lowest BCUT2D eigenvalue weighted by molar-refractivity contribution is -0.0979. The summed E-state index contributed by atoms with van der Waals surface area (Å²) in [6.45, 7) is 13.5. The van der Waals surface area contributed by atoms with Crippen molar-refractivity contribution < 1.29 is 13.9 Å². The Morgan fingerprint density at radius 1 is 1.21 bits per heavy atom. The summed E-state index contributed by atoms with van der Waals surface area (Å²) in [5.74, 6) is 0.298. The predicted octanol–water partition coefficient (Wildman–Crippen LogP) is 5.52. The number of rotatable bonds is 8. The minimum absolute atomic E-state index is 0.279. The van der Waals surface area contributed by atoms with Gasteiger partial charge in [0.05, 0.1) is 0 Å². The van der Waals surface area contributed by atoms with Gasteiger partial charge in [0.25, 0.3) is 0 Å². The van der Waals surface area contributed by atoms with E-state index in [1.807, 2.05) is 6.79 Å². The van der Waals surface area contributed by atoms with Gasteiger partial charge in [-0.05, 0) is 48.7 Å². The van der Waals surface area contributed by atoms with Crippen molar-refractivity contribution >= 4 is 37.3 Å². The molecule has 2 aromatic rings. The van der Waals surface area contributed by atoms with Crippen LogP contribution in [0.3, 0.4) is 0 Å². The number of carbonyl (C=O) groups is 1. The summed E-state index contributed by atoms with van der Waals surface area (Å²) >= 11 is 3.51. The van der Waals surface area contributed by atoms with E-state index in [0.717, 1.165) is 22.6 Å². The van der Waals surface area contributed by atoms with E-state index in [2.05, 4.69) is 75.7 Å². The predicted molar refractivity (Wildman–Crippen MR) is 124 cm³/mol. The van der Waals surface area contributed by atoms with Gasteiger partial charge in [0.2, 0.25) is 0 Å². The molecule has 2 rings (SSSR count). The van der Waals surface area contributed by atoms with Crippen molar-refractivity contribution in [1.29, 1.82) is 0 Å². The number of benzene rings is 2. The van der Waals surface area contributed by atoms with Crippen LogP contribution >= 0.6 is 25.2 Å². The summed E-state index contributed by atoms with van der Waals surface area (Å²) in [7, 11) is 2.57. The minimum Gasteiger partial charge on any atom is -0.492 e. The Morgan fingerprint density at radius 2 is 1.89 bits per heavy atom. The van der Waals surface area contributed by atoms with Crippen LogP contribution in [-0.4, -0.2) is 19.9 Å². The maximum atomic E-state index is 13.3. The topological polar surface area (TPSA) is 38.3 Å². The van der Waals surface area contributed by atoms with Gasteiger partial charge in [0, 0.05) is 28.4 Å². The SMILES string of the molecule is C=C.C=O.CCCC(NCCOc1cc(F)ccc1P)c1ccc(Br)cc1C. The molecule has 6 heteroatoms. The zero-order valence-electron chi connectivity index (χ0n) is 16.6. The first-order valence-electron chi connectivity index (χ1n) is 8.97. The summed E-state index contributed by atoms with van der Waals surface area (Å²) in [5, 5.41) is 4.43. The van der Waals surface area contributed by atoms with Crippen LogP contribution in [0.2, 0.25) is 0 Å². The standard InChI is InChI=1S/C19H24BrFNOP.C2H4.CH2O/c1-3-4-17(16-7-5-14(20)11-13(16)2)22-9-10-23-18-12-15(21)6-8-19(18)24;2*1-2/h5-8,11-12,17,22H,3-4,9-10,24H2,1-2H3;1-2H2;1H2. The van der Waals surface area contributed by atoms with Crippen LogP contribution in [0.25, 0.3) is 0 Å². The molecule has 0 saturated heterocycles. The van der Waals surface area contributed by atoms with Crippen LogP contribution in [0.4, 0.5) is 4.39 Å². The number of hydrogen-bond acceptors (Lipinski definition) is 3. The summed E-state index contributed by atoms with van der Waals surface area (Å²) in [6.07, 6.45) is 2.17. The number of halogens is 2. The third-order valence-corrected chi connectivity index (χ3v) is 4.88. The van der Waals surface area contributed by atoms with Gasteiger partial charge in [0.15, 0.2) is 0 Å². The molecule has 0 heterocycles. The van der Waals surface area contributed by atoms with Crippen LogP contribution in [-0.2, 0) is 4.79 Å². The monoisotopic (exact) mass is 469 g/mol. The van der Waals surface area contributed by atoms with Crippen LogP contribution in [0.5, 0.6) is 5.75 Å². The van der Waals surface area contributed by atoms with Gasteiger partial charge in [0.1, 0.15) is 25.0 Å². The van der Waals surface area contributed by atoms with E-state index in [4.69, 9.17) is 9.53 Å². The van der Waals surface area contributed by atoms with E-state index < -0.39 is 0 Å². The van der Waals surface area contributed by atoms with Crippen molar-refractivity contribution in [2.45, 2.75) is 32.7 Å². The van der Waals surface area contributed by atoms with Crippen molar-refractivity contribution in [3.05, 3.63) is 71.0 Å². The first-order valence-corrected chi connectivity index (χ1v) is 10.3. The van der Waals surface area contributed by atoms with Gasteiger partial charge >= 0.3 is 0 Å². The number of hydrogen-bond donors (Lipinski definition) is 1. The van der Waals surface area contributed by atoms with Gasteiger partial charge in [-0.3, -0.25) is 0 Å². The molecular weight excluding hydrogens is 440 g/mol. The zero-order chi connectivity index (χ0) is 21.5. The maximum absolute atomic E-state index is 13.3. The van der Waals surface area contributed by atoms with E-state index >= 15 is 0 Å². The highest BCUT2D eigenvalue weighted by atomic mass is 79.9. The number of carbonyl (C=O) groups excluding carboxylic acids is 1. The normalized spacial score (nSPS) is 10.8. The second kappa shape index (κ2) is 15.4. The lowest BCUT2D eigenvalue weighted by Gasteiger charge is -2.21. The lowest BCUT2D eigenvalue weighted by atomic mass is 9.98. The summed E-state index contributed by atoms with van der Waals surface area (Å²) in [6, 6.07) is 11.2. The molecule has 0 amide bonds. The molecule has 0 saturated carbocycles. The van der Waals surface area contributed by atoms with E-state index in [9.17, 15) is 4.39 Å². The van der Waals surface area contributed by atoms with E-state index in [-0.39, 0.29) is 5.82 Å². The Morgan fingerprint density at radius 3 is 2.50 bits per heavy atom. The number of aryl methyl sites for hydroxylation is 1. The highest BCUT2D eigenvalue weighted by Gasteiger charge is 2.12. The molecule has 0 spiro atoms. The molecule has 0 aliphatic rings. The summed E-state index contributed by atoms with van der Waals surface area (Å²) in [5.41, 5.74) is 2.59. The third kappa shape index (κ3) is 9.09. The summed E-state index contributed by atoms with van der Waals surface area (Å²) in [4.78, 5) is 8.00. The third-order valence-electron chi connectivity index (χ3n) is 3.91. The molecule has 0 fully saturated rings. The van der Waals surface area contributed by atoms with E-state index in [1.165, 1.54) is 23.3 Å². The van der Waals surface area contributed by atoms with Crippen molar-refractivity contribution in [1.82, 2.24) is 5.32 Å². The molecule has 154 valence electrons. The van der Waals surface area contributed by atoms with E-state index in [0.29, 0.717) is 24.9 Å². The molecule has 2 aromatic carbocycles. The first-order chi connectivity index (χ1) is 13.5. The second-order valence-electron chi connectivity index (χ2n) is 5.83. The van der Waals surface area contributed by atoms with Gasteiger partial charge in [-0.1, -0.05) is 35.3 Å². The molecule has 1 N–H and O–H groups in total. The average Bonchev–Trinajstić information content (AvgIpc) is 2.70. The largest absolute Gasteiger partial charge is 0.492 e. The van der Waals surface area contributed by atoms with Crippen molar-refractivity contribution in [2.24, 2.45) is 0 Å². The second-order valence-corrected chi connectivity index (χ2v) is 7.36. The fourth-order valence-corrected chi connectivity index (χ4v) is 3.45. The molecule has 0 aliphatic carbocycles. The molecular formula is C22H30BrFNO2P. The highest BCUT2D eigenvalue weighted by Crippen LogP contribution is 2.25. The minimum atomic E-state index is -0.279. The Labute approximate surface area is 179 Å². The molecule has 2 unspecified atom stereocenters. The molecule has 0 radical (unpaired) electrons. The van der Waals surface area contributed by atoms with Crippen molar-refractivity contribution in [3.8, 4) is 5.75 Å². The average molecular weight is 470 g/mol. The maximum Gasteiger partial charge on any atom is 0.129 e. The van der Waals surface area contributed by atoms with Crippen LogP contribution in [0, 0.1) is 12.7 Å². The Hall–Kier alpha value is -1.55.